The number of aromatic nitrogens is 3. The minimum atomic E-state index is -4.39. The van der Waals surface area contributed by atoms with Crippen molar-refractivity contribution in [3.63, 3.8) is 0 Å². The van der Waals surface area contributed by atoms with E-state index in [0.717, 1.165) is 17.3 Å². The number of halogens is 3. The topological polar surface area (TPSA) is 47.9 Å². The predicted molar refractivity (Wildman–Crippen MR) is 76.9 cm³/mol. The monoisotopic (exact) mass is 325 g/mol. The second-order valence-corrected chi connectivity index (χ2v) is 5.59. The molecule has 0 unspecified atom stereocenters. The number of fused-ring (bicyclic) bond motifs is 1. The molecule has 4 nitrogen and oxygen atoms in total. The summed E-state index contributed by atoms with van der Waals surface area (Å²) in [4.78, 5) is 11.4. The minimum Gasteiger partial charge on any atom is -0.494 e. The first-order valence-corrected chi connectivity index (χ1v) is 7.04. The van der Waals surface area contributed by atoms with E-state index in [1.54, 1.807) is 19.1 Å². The lowest BCUT2D eigenvalue weighted by Crippen LogP contribution is -2.00. The highest BCUT2D eigenvalue weighted by Crippen LogP contribution is 2.39. The third kappa shape index (κ3) is 2.50. The molecular formula is C14H10F3N3OS. The molecule has 0 atom stereocenters. The minimum absolute atomic E-state index is 0.274. The third-order valence-corrected chi connectivity index (χ3v) is 4.25. The van der Waals surface area contributed by atoms with Crippen molar-refractivity contribution >= 4 is 22.2 Å². The Balaban J connectivity index is 2.19. The number of hydrogen-bond acceptors (Lipinski definition) is 5. The zero-order valence-electron chi connectivity index (χ0n) is 11.6. The zero-order chi connectivity index (χ0) is 15.9. The Morgan fingerprint density at radius 2 is 1.91 bits per heavy atom. The lowest BCUT2D eigenvalue weighted by atomic mass is 10.1. The van der Waals surface area contributed by atoms with Crippen LogP contribution in [0, 0.1) is 6.92 Å². The number of benzene rings is 1. The van der Waals surface area contributed by atoms with Crippen LogP contribution in [0.4, 0.5) is 13.2 Å². The summed E-state index contributed by atoms with van der Waals surface area (Å²) in [7, 11) is 1.49. The molecule has 0 saturated carbocycles. The predicted octanol–water partition coefficient (Wildman–Crippen LogP) is 4.09. The average molecular weight is 325 g/mol. The van der Waals surface area contributed by atoms with Crippen molar-refractivity contribution in [3.8, 4) is 16.3 Å². The first-order valence-electron chi connectivity index (χ1n) is 6.23. The maximum atomic E-state index is 12.7. The molecule has 0 saturated heterocycles. The van der Waals surface area contributed by atoms with E-state index < -0.39 is 11.1 Å². The molecule has 0 bridgehead atoms. The highest BCUT2D eigenvalue weighted by molar-refractivity contribution is 7.15. The molecule has 2 heterocycles. The number of methoxy groups -OCH3 is 1. The van der Waals surface area contributed by atoms with E-state index in [-0.39, 0.29) is 5.01 Å². The summed E-state index contributed by atoms with van der Waals surface area (Å²) in [5, 5.41) is 0.997. The van der Waals surface area contributed by atoms with Gasteiger partial charge in [-0.15, -0.1) is 11.3 Å². The molecule has 3 aromatic rings. The summed E-state index contributed by atoms with van der Waals surface area (Å²) in [6.45, 7) is 1.80. The van der Waals surface area contributed by atoms with Crippen LogP contribution in [0.1, 0.15) is 10.6 Å². The van der Waals surface area contributed by atoms with Gasteiger partial charge in [-0.05, 0) is 19.1 Å². The van der Waals surface area contributed by atoms with Crippen LogP contribution in [0.15, 0.2) is 24.7 Å². The number of alkyl halides is 3. The maximum absolute atomic E-state index is 12.7. The van der Waals surface area contributed by atoms with Crippen LogP contribution in [0.25, 0.3) is 21.5 Å². The standard InChI is InChI=1S/C14H10F3N3OS/c1-7-9-3-8(4-10(21-2)12(9)20-6-19-7)13-18-5-11(22-13)14(15,16)17/h3-6H,1-2H3. The lowest BCUT2D eigenvalue weighted by molar-refractivity contribution is -0.134. The fourth-order valence-corrected chi connectivity index (χ4v) is 2.85. The van der Waals surface area contributed by atoms with Crippen LogP contribution in [0.3, 0.4) is 0 Å². The van der Waals surface area contributed by atoms with E-state index in [1.165, 1.54) is 13.4 Å². The van der Waals surface area contributed by atoms with Gasteiger partial charge < -0.3 is 4.74 Å². The number of hydrogen-bond donors (Lipinski definition) is 0. The van der Waals surface area contributed by atoms with E-state index in [1.807, 2.05) is 0 Å². The van der Waals surface area contributed by atoms with Crippen LogP contribution in [-0.2, 0) is 6.18 Å². The molecule has 1 aromatic carbocycles. The van der Waals surface area contributed by atoms with Crippen LogP contribution < -0.4 is 4.74 Å². The Morgan fingerprint density at radius 3 is 2.55 bits per heavy atom. The molecule has 8 heteroatoms. The van der Waals surface area contributed by atoms with Crippen molar-refractivity contribution in [3.05, 3.63) is 35.2 Å². The molecule has 0 N–H and O–H groups in total. The molecule has 0 amide bonds. The maximum Gasteiger partial charge on any atom is 0.427 e. The number of thiazole rings is 1. The molecule has 22 heavy (non-hydrogen) atoms. The Hall–Kier alpha value is -2.22. The molecule has 0 aliphatic heterocycles. The smallest absolute Gasteiger partial charge is 0.427 e. The van der Waals surface area contributed by atoms with Crippen LogP contribution in [0.2, 0.25) is 0 Å². The summed E-state index contributed by atoms with van der Waals surface area (Å²) in [5.41, 5.74) is 1.88. The summed E-state index contributed by atoms with van der Waals surface area (Å²) in [5.74, 6) is 0.474. The second kappa shape index (κ2) is 5.20. The van der Waals surface area contributed by atoms with Crippen molar-refractivity contribution in [2.45, 2.75) is 13.1 Å². The van der Waals surface area contributed by atoms with E-state index in [4.69, 9.17) is 4.74 Å². The number of ether oxygens (including phenoxy) is 1. The van der Waals surface area contributed by atoms with Crippen molar-refractivity contribution in [2.75, 3.05) is 7.11 Å². The first kappa shape index (κ1) is 14.7. The van der Waals surface area contributed by atoms with Gasteiger partial charge in [0.05, 0.1) is 13.3 Å². The van der Waals surface area contributed by atoms with Crippen molar-refractivity contribution in [1.82, 2.24) is 15.0 Å². The highest BCUT2D eigenvalue weighted by atomic mass is 32.1. The second-order valence-electron chi connectivity index (χ2n) is 4.56. The quantitative estimate of drug-likeness (QED) is 0.712. The highest BCUT2D eigenvalue weighted by Gasteiger charge is 2.33. The van der Waals surface area contributed by atoms with Crippen molar-refractivity contribution in [2.24, 2.45) is 0 Å². The molecule has 2 aromatic heterocycles. The largest absolute Gasteiger partial charge is 0.494 e. The van der Waals surface area contributed by atoms with Gasteiger partial charge in [0.15, 0.2) is 0 Å². The number of rotatable bonds is 2. The van der Waals surface area contributed by atoms with E-state index in [0.29, 0.717) is 28.2 Å². The van der Waals surface area contributed by atoms with E-state index in [2.05, 4.69) is 15.0 Å². The van der Waals surface area contributed by atoms with E-state index >= 15 is 0 Å². The Kier molecular flexibility index (Phi) is 3.48. The van der Waals surface area contributed by atoms with Crippen molar-refractivity contribution in [1.29, 1.82) is 0 Å². The molecule has 0 spiro atoms. The lowest BCUT2D eigenvalue weighted by Gasteiger charge is -2.08. The first-order chi connectivity index (χ1) is 10.4. The fraction of sp³-hybridized carbons (Fsp3) is 0.214. The molecule has 0 aliphatic carbocycles. The zero-order valence-corrected chi connectivity index (χ0v) is 12.4. The van der Waals surface area contributed by atoms with Gasteiger partial charge >= 0.3 is 6.18 Å². The van der Waals surface area contributed by atoms with Crippen molar-refractivity contribution < 1.29 is 17.9 Å². The van der Waals surface area contributed by atoms with Gasteiger partial charge in [-0.3, -0.25) is 0 Å². The van der Waals surface area contributed by atoms with E-state index in [9.17, 15) is 13.2 Å². The van der Waals surface area contributed by atoms with Crippen LogP contribution >= 0.6 is 11.3 Å². The van der Waals surface area contributed by atoms with Gasteiger partial charge in [0.25, 0.3) is 0 Å². The van der Waals surface area contributed by atoms with Gasteiger partial charge in [0, 0.05) is 16.6 Å². The summed E-state index contributed by atoms with van der Waals surface area (Å²) in [6, 6.07) is 3.36. The molecule has 0 radical (unpaired) electrons. The SMILES string of the molecule is COc1cc(-c2ncc(C(F)(F)F)s2)cc2c(C)ncnc12. The van der Waals surface area contributed by atoms with Gasteiger partial charge in [-0.25, -0.2) is 15.0 Å². The Labute approximate surface area is 127 Å². The molecule has 0 aliphatic rings. The molecule has 114 valence electrons. The van der Waals surface area contributed by atoms with Gasteiger partial charge in [0.1, 0.15) is 27.5 Å². The fourth-order valence-electron chi connectivity index (χ4n) is 2.08. The third-order valence-electron chi connectivity index (χ3n) is 3.15. The van der Waals surface area contributed by atoms with Gasteiger partial charge in [-0.1, -0.05) is 0 Å². The number of aryl methyl sites for hydroxylation is 1. The van der Waals surface area contributed by atoms with Gasteiger partial charge in [0.2, 0.25) is 0 Å². The Bertz CT molecular complexity index is 845. The Morgan fingerprint density at radius 1 is 1.14 bits per heavy atom. The van der Waals surface area contributed by atoms with Gasteiger partial charge in [-0.2, -0.15) is 13.2 Å². The molecular weight excluding hydrogens is 315 g/mol. The van der Waals surface area contributed by atoms with Crippen LogP contribution in [0.5, 0.6) is 5.75 Å². The van der Waals surface area contributed by atoms with Crippen LogP contribution in [-0.4, -0.2) is 22.1 Å². The molecule has 0 fully saturated rings. The summed E-state index contributed by atoms with van der Waals surface area (Å²) in [6.07, 6.45) is -2.13. The normalized spacial score (nSPS) is 11.9. The number of nitrogens with zero attached hydrogens (tertiary/aromatic N) is 3. The average Bonchev–Trinajstić information content (AvgIpc) is 2.97. The molecule has 3 rings (SSSR count). The summed E-state index contributed by atoms with van der Waals surface area (Å²) < 4.78 is 43.4. The summed E-state index contributed by atoms with van der Waals surface area (Å²) >= 11 is 0.594.